The van der Waals surface area contributed by atoms with Crippen molar-refractivity contribution in [3.8, 4) is 0 Å². The second-order valence-corrected chi connectivity index (χ2v) is 10.8. The van der Waals surface area contributed by atoms with Crippen LogP contribution in [0.25, 0.3) is 0 Å². The molecule has 1 fully saturated rings. The number of benzene rings is 1. The molecule has 0 aliphatic carbocycles. The number of hydrogen-bond donors (Lipinski definition) is 1. The molecule has 1 N–H and O–H groups in total. The molecule has 2 rings (SSSR count). The van der Waals surface area contributed by atoms with Gasteiger partial charge in [-0.05, 0) is 66.9 Å². The molecule has 0 radical (unpaired) electrons. The van der Waals surface area contributed by atoms with Crippen LogP contribution < -0.4 is 4.72 Å². The monoisotopic (exact) mass is 365 g/mol. The molecular formula is C19H32BNO3S. The van der Waals surface area contributed by atoms with Gasteiger partial charge in [-0.15, -0.1) is 4.72 Å². The Morgan fingerprint density at radius 1 is 1.08 bits per heavy atom. The van der Waals surface area contributed by atoms with Crippen LogP contribution in [0.2, 0.25) is 0 Å². The zero-order valence-electron chi connectivity index (χ0n) is 16.6. The maximum Gasteiger partial charge on any atom is 0.480 e. The van der Waals surface area contributed by atoms with Crippen molar-refractivity contribution in [3.63, 3.8) is 0 Å². The lowest BCUT2D eigenvalue weighted by atomic mass is 9.76. The Balaban J connectivity index is 2.12. The lowest BCUT2D eigenvalue weighted by molar-refractivity contribution is 0.00578. The van der Waals surface area contributed by atoms with Crippen LogP contribution in [0, 0.1) is 0 Å². The topological polar surface area (TPSA) is 53.5 Å². The maximum absolute atomic E-state index is 12.7. The van der Waals surface area contributed by atoms with E-state index in [4.69, 9.17) is 9.31 Å². The summed E-state index contributed by atoms with van der Waals surface area (Å²) in [6.45, 7) is 14.1. The fraction of sp³-hybridized carbons (Fsp3) is 0.684. The number of rotatable bonds is 6. The molecule has 1 unspecified atom stereocenters. The summed E-state index contributed by atoms with van der Waals surface area (Å²) < 4.78 is 28.0. The summed E-state index contributed by atoms with van der Waals surface area (Å²) in [5, 5.41) is 0. The SMILES string of the molecule is CC(C)(C)[S+]([O-])N[C@H](CCc1ccccc1)B1OC(C)(C)C(C)(C)O1. The largest absolute Gasteiger partial charge is 0.598 e. The number of aryl methyl sites for hydroxylation is 1. The molecule has 1 aliphatic heterocycles. The molecule has 6 heteroatoms. The summed E-state index contributed by atoms with van der Waals surface area (Å²) in [6, 6.07) is 10.3. The summed E-state index contributed by atoms with van der Waals surface area (Å²) in [7, 11) is -0.417. The molecule has 0 saturated carbocycles. The van der Waals surface area contributed by atoms with E-state index >= 15 is 0 Å². The van der Waals surface area contributed by atoms with Crippen molar-refractivity contribution in [1.29, 1.82) is 0 Å². The van der Waals surface area contributed by atoms with E-state index in [0.29, 0.717) is 0 Å². The Labute approximate surface area is 156 Å². The molecule has 1 saturated heterocycles. The van der Waals surface area contributed by atoms with Crippen LogP contribution in [0.4, 0.5) is 0 Å². The zero-order valence-corrected chi connectivity index (χ0v) is 17.4. The van der Waals surface area contributed by atoms with Gasteiger partial charge < -0.3 is 13.9 Å². The van der Waals surface area contributed by atoms with E-state index in [2.05, 4.69) is 16.9 Å². The summed E-state index contributed by atoms with van der Waals surface area (Å²) in [6.07, 6.45) is 1.67. The van der Waals surface area contributed by atoms with Crippen molar-refractivity contribution < 1.29 is 13.9 Å². The maximum atomic E-state index is 12.7. The van der Waals surface area contributed by atoms with Crippen LogP contribution in [0.3, 0.4) is 0 Å². The first-order valence-corrected chi connectivity index (χ1v) is 10.1. The molecule has 140 valence electrons. The first-order valence-electron chi connectivity index (χ1n) is 9.00. The summed E-state index contributed by atoms with van der Waals surface area (Å²) in [5.74, 6) is -0.138. The van der Waals surface area contributed by atoms with Crippen molar-refractivity contribution in [2.45, 2.75) is 83.2 Å². The molecule has 1 aromatic carbocycles. The average molecular weight is 365 g/mol. The van der Waals surface area contributed by atoms with Crippen LogP contribution in [0.5, 0.6) is 0 Å². The van der Waals surface area contributed by atoms with Crippen LogP contribution in [0.1, 0.15) is 60.5 Å². The standard InChI is InChI=1S/C19H32BNO3S/c1-17(2,3)25(22)21-16(14-13-15-11-9-8-10-12-15)20-23-18(4,5)19(6,7)24-20/h8-12,16,21H,13-14H2,1-7H3/t16-,25?/m1/s1. The third kappa shape index (κ3) is 5.24. The van der Waals surface area contributed by atoms with Crippen molar-refractivity contribution in [2.75, 3.05) is 0 Å². The van der Waals surface area contributed by atoms with Gasteiger partial charge in [0, 0.05) is 11.4 Å². The molecule has 0 bridgehead atoms. The van der Waals surface area contributed by atoms with Gasteiger partial charge in [0.1, 0.15) is 4.75 Å². The second kappa shape index (κ2) is 7.61. The predicted octanol–water partition coefficient (Wildman–Crippen LogP) is 3.67. The number of hydrogen-bond acceptors (Lipinski definition) is 4. The molecule has 4 nitrogen and oxygen atoms in total. The predicted molar refractivity (Wildman–Crippen MR) is 106 cm³/mol. The van der Waals surface area contributed by atoms with E-state index in [1.54, 1.807) is 0 Å². The fourth-order valence-corrected chi connectivity index (χ4v) is 3.44. The van der Waals surface area contributed by atoms with Gasteiger partial charge in [-0.1, -0.05) is 30.3 Å². The Bertz CT molecular complexity index is 544. The first-order chi connectivity index (χ1) is 11.4. The normalized spacial score (nSPS) is 22.0. The van der Waals surface area contributed by atoms with Crippen LogP contribution in [-0.4, -0.2) is 33.6 Å². The highest BCUT2D eigenvalue weighted by atomic mass is 32.2. The van der Waals surface area contributed by atoms with E-state index in [9.17, 15) is 4.55 Å². The van der Waals surface area contributed by atoms with Crippen molar-refractivity contribution in [1.82, 2.24) is 4.72 Å². The smallest absolute Gasteiger partial charge is 0.480 e. The molecule has 0 spiro atoms. The van der Waals surface area contributed by atoms with Gasteiger partial charge in [0.2, 0.25) is 0 Å². The van der Waals surface area contributed by atoms with Gasteiger partial charge >= 0.3 is 7.12 Å². The highest BCUT2D eigenvalue weighted by molar-refractivity contribution is 7.90. The Hall–Kier alpha value is -0.525. The highest BCUT2D eigenvalue weighted by Crippen LogP contribution is 2.38. The zero-order chi connectivity index (χ0) is 18.9. The van der Waals surface area contributed by atoms with Gasteiger partial charge in [0.15, 0.2) is 0 Å². The summed E-state index contributed by atoms with van der Waals surface area (Å²) in [4.78, 5) is 0. The van der Waals surface area contributed by atoms with Crippen molar-refractivity contribution in [2.24, 2.45) is 0 Å². The lowest BCUT2D eigenvalue weighted by Crippen LogP contribution is -2.52. The molecule has 1 aromatic rings. The van der Waals surface area contributed by atoms with Crippen molar-refractivity contribution in [3.05, 3.63) is 35.9 Å². The van der Waals surface area contributed by atoms with Crippen LogP contribution >= 0.6 is 0 Å². The van der Waals surface area contributed by atoms with Gasteiger partial charge in [0.05, 0.1) is 17.1 Å². The number of nitrogens with one attached hydrogen (secondary N) is 1. The summed E-state index contributed by atoms with van der Waals surface area (Å²) in [5.41, 5.74) is 0.466. The Morgan fingerprint density at radius 2 is 1.60 bits per heavy atom. The van der Waals surface area contributed by atoms with E-state index in [-0.39, 0.29) is 10.7 Å². The highest BCUT2D eigenvalue weighted by Gasteiger charge is 2.54. The van der Waals surface area contributed by atoms with E-state index in [1.807, 2.05) is 66.7 Å². The molecule has 1 heterocycles. The first kappa shape index (κ1) is 20.8. The Kier molecular flexibility index (Phi) is 6.33. The van der Waals surface area contributed by atoms with E-state index in [0.717, 1.165) is 12.8 Å². The van der Waals surface area contributed by atoms with Crippen LogP contribution in [-0.2, 0) is 27.1 Å². The molecule has 0 amide bonds. The molecule has 0 aromatic heterocycles. The quantitative estimate of drug-likeness (QED) is 0.617. The summed E-state index contributed by atoms with van der Waals surface area (Å²) >= 11 is -1.18. The van der Waals surface area contributed by atoms with E-state index in [1.165, 1.54) is 5.56 Å². The minimum Gasteiger partial charge on any atom is -0.598 e. The third-order valence-corrected chi connectivity index (χ3v) is 6.63. The minimum absolute atomic E-state index is 0.138. The molecule has 2 atom stereocenters. The third-order valence-electron chi connectivity index (χ3n) is 5.00. The Morgan fingerprint density at radius 3 is 2.08 bits per heavy atom. The van der Waals surface area contributed by atoms with Gasteiger partial charge in [-0.2, -0.15) is 0 Å². The molecular weight excluding hydrogens is 333 g/mol. The van der Waals surface area contributed by atoms with E-state index < -0.39 is 29.7 Å². The lowest BCUT2D eigenvalue weighted by Gasteiger charge is -2.32. The molecule has 25 heavy (non-hydrogen) atoms. The minimum atomic E-state index is -1.18. The van der Waals surface area contributed by atoms with Gasteiger partial charge in [-0.3, -0.25) is 0 Å². The van der Waals surface area contributed by atoms with Crippen LogP contribution in [0.15, 0.2) is 30.3 Å². The molecule has 1 aliphatic rings. The van der Waals surface area contributed by atoms with Gasteiger partial charge in [0.25, 0.3) is 0 Å². The average Bonchev–Trinajstić information content (AvgIpc) is 2.71. The van der Waals surface area contributed by atoms with Gasteiger partial charge in [-0.25, -0.2) is 0 Å². The second-order valence-electron chi connectivity index (χ2n) is 8.75. The van der Waals surface area contributed by atoms with Crippen molar-refractivity contribution >= 4 is 18.5 Å². The fourth-order valence-electron chi connectivity index (χ4n) is 2.58.